The van der Waals surface area contributed by atoms with Gasteiger partial charge in [-0.2, -0.15) is 0 Å². The molecule has 0 spiro atoms. The second-order valence-corrected chi connectivity index (χ2v) is 8.99. The van der Waals surface area contributed by atoms with Gasteiger partial charge in [-0.15, -0.1) is 0 Å². The van der Waals surface area contributed by atoms with E-state index in [1.165, 1.54) is 0 Å². The van der Waals surface area contributed by atoms with Crippen molar-refractivity contribution in [1.29, 1.82) is 0 Å². The van der Waals surface area contributed by atoms with Crippen molar-refractivity contribution in [3.63, 3.8) is 0 Å². The number of anilines is 1. The van der Waals surface area contributed by atoms with E-state index in [1.54, 1.807) is 6.07 Å². The van der Waals surface area contributed by atoms with Crippen LogP contribution in [0.2, 0.25) is 10.0 Å². The van der Waals surface area contributed by atoms with Crippen molar-refractivity contribution in [2.45, 2.75) is 13.0 Å². The first-order valence-electron chi connectivity index (χ1n) is 10.6. The minimum atomic E-state index is 0.240. The molecule has 4 aromatic rings. The van der Waals surface area contributed by atoms with Crippen LogP contribution >= 0.6 is 23.2 Å². The second-order valence-electron chi connectivity index (χ2n) is 8.12. The largest absolute Gasteiger partial charge is 0.507 e. The van der Waals surface area contributed by atoms with Gasteiger partial charge in [-0.1, -0.05) is 46.6 Å². The molecule has 5 rings (SSSR count). The molecule has 1 aliphatic heterocycles. The number of halogens is 2. The molecule has 0 bridgehead atoms. The fraction of sp³-hybridized carbons (Fsp3) is 0.240. The Morgan fingerprint density at radius 1 is 0.906 bits per heavy atom. The zero-order valence-corrected chi connectivity index (χ0v) is 19.0. The lowest BCUT2D eigenvalue weighted by atomic mass is 10.0. The van der Waals surface area contributed by atoms with Crippen LogP contribution < -0.4 is 4.90 Å². The Labute approximate surface area is 196 Å². The maximum atomic E-state index is 10.6. The molecule has 1 aliphatic rings. The summed E-state index contributed by atoms with van der Waals surface area (Å²) in [6, 6.07) is 19.3. The smallest absolute Gasteiger partial charge is 0.175 e. The fourth-order valence-electron chi connectivity index (χ4n) is 4.24. The van der Waals surface area contributed by atoms with Gasteiger partial charge in [0.1, 0.15) is 5.75 Å². The van der Waals surface area contributed by atoms with E-state index in [0.717, 1.165) is 59.1 Å². The van der Waals surface area contributed by atoms with Gasteiger partial charge in [-0.3, -0.25) is 4.90 Å². The predicted molar refractivity (Wildman–Crippen MR) is 129 cm³/mol. The van der Waals surface area contributed by atoms with Crippen molar-refractivity contribution in [3.05, 3.63) is 87.5 Å². The Bertz CT molecular complexity index is 1230. The van der Waals surface area contributed by atoms with Crippen LogP contribution in [0.15, 0.2) is 65.2 Å². The standard InChI is InChI=1S/C25H23Cl2N3O2/c26-18-6-4-17(5-7-18)14-23-21-8-9-24(31)22(25(21)32-28-23)16-29-10-12-30(13-11-29)20-3-1-2-19(27)15-20/h1-9,15,31H,10-14,16H2. The first-order chi connectivity index (χ1) is 15.6. The minimum absolute atomic E-state index is 0.240. The summed E-state index contributed by atoms with van der Waals surface area (Å²) in [7, 11) is 0. The van der Waals surface area contributed by atoms with Crippen molar-refractivity contribution in [2.24, 2.45) is 0 Å². The van der Waals surface area contributed by atoms with Crippen LogP contribution in [0.25, 0.3) is 11.0 Å². The normalized spacial score (nSPS) is 14.9. The van der Waals surface area contributed by atoms with Crippen molar-refractivity contribution >= 4 is 39.9 Å². The Morgan fingerprint density at radius 3 is 2.44 bits per heavy atom. The fourth-order valence-corrected chi connectivity index (χ4v) is 4.55. The van der Waals surface area contributed by atoms with Gasteiger partial charge >= 0.3 is 0 Å². The highest BCUT2D eigenvalue weighted by atomic mass is 35.5. The molecule has 2 heterocycles. The number of phenolic OH excluding ortho intramolecular Hbond substituents is 1. The van der Waals surface area contributed by atoms with E-state index in [-0.39, 0.29) is 5.75 Å². The molecule has 1 aromatic heterocycles. The van der Waals surface area contributed by atoms with Gasteiger partial charge in [0.2, 0.25) is 0 Å². The second kappa shape index (κ2) is 9.02. The summed E-state index contributed by atoms with van der Waals surface area (Å²) < 4.78 is 5.71. The molecule has 0 amide bonds. The third-order valence-corrected chi connectivity index (χ3v) is 6.49. The lowest BCUT2D eigenvalue weighted by molar-refractivity contribution is 0.246. The van der Waals surface area contributed by atoms with Crippen molar-refractivity contribution in [1.82, 2.24) is 10.1 Å². The summed E-state index contributed by atoms with van der Waals surface area (Å²) in [5, 5.41) is 17.3. The molecule has 7 heteroatoms. The Kier molecular flexibility index (Phi) is 5.96. The van der Waals surface area contributed by atoms with E-state index in [9.17, 15) is 5.11 Å². The Balaban J connectivity index is 1.32. The number of aromatic hydroxyl groups is 1. The monoisotopic (exact) mass is 467 g/mol. The van der Waals surface area contributed by atoms with Gasteiger partial charge in [0.05, 0.1) is 11.3 Å². The topological polar surface area (TPSA) is 52.7 Å². The van der Waals surface area contributed by atoms with Gasteiger partial charge in [0.25, 0.3) is 0 Å². The number of aromatic nitrogens is 1. The maximum absolute atomic E-state index is 10.6. The Hall–Kier alpha value is -2.73. The lowest BCUT2D eigenvalue weighted by Gasteiger charge is -2.36. The maximum Gasteiger partial charge on any atom is 0.175 e. The third-order valence-electron chi connectivity index (χ3n) is 6.01. The number of fused-ring (bicyclic) bond motifs is 1. The molecular weight excluding hydrogens is 445 g/mol. The van der Waals surface area contributed by atoms with E-state index in [1.807, 2.05) is 48.5 Å². The van der Waals surface area contributed by atoms with Gasteiger partial charge in [0.15, 0.2) is 5.58 Å². The predicted octanol–water partition coefficient (Wildman–Crippen LogP) is 5.75. The molecule has 5 nitrogen and oxygen atoms in total. The van der Waals surface area contributed by atoms with Crippen LogP contribution in [0, 0.1) is 0 Å². The highest BCUT2D eigenvalue weighted by molar-refractivity contribution is 6.31. The van der Waals surface area contributed by atoms with Crippen LogP contribution in [0.1, 0.15) is 16.8 Å². The number of hydrogen-bond acceptors (Lipinski definition) is 5. The first-order valence-corrected chi connectivity index (χ1v) is 11.4. The summed E-state index contributed by atoms with van der Waals surface area (Å²) >= 11 is 12.1. The quantitative estimate of drug-likeness (QED) is 0.404. The first kappa shape index (κ1) is 21.1. The SMILES string of the molecule is Oc1ccc2c(Cc3ccc(Cl)cc3)noc2c1CN1CCN(c2cccc(Cl)c2)CC1. The summed E-state index contributed by atoms with van der Waals surface area (Å²) in [5.41, 5.74) is 4.55. The molecule has 0 unspecified atom stereocenters. The molecule has 0 aliphatic carbocycles. The van der Waals surface area contributed by atoms with E-state index in [4.69, 9.17) is 27.7 Å². The molecule has 1 N–H and O–H groups in total. The van der Waals surface area contributed by atoms with Gasteiger partial charge in [-0.05, 0) is 48.0 Å². The van der Waals surface area contributed by atoms with Crippen LogP contribution in [0.4, 0.5) is 5.69 Å². The van der Waals surface area contributed by atoms with Gasteiger partial charge in [-0.25, -0.2) is 0 Å². The number of phenols is 1. The van der Waals surface area contributed by atoms with Crippen LogP contribution in [0.5, 0.6) is 5.75 Å². The van der Waals surface area contributed by atoms with Crippen LogP contribution in [-0.2, 0) is 13.0 Å². The Morgan fingerprint density at radius 2 is 1.69 bits per heavy atom. The molecule has 1 saturated heterocycles. The molecule has 0 radical (unpaired) electrons. The highest BCUT2D eigenvalue weighted by Crippen LogP contribution is 2.32. The van der Waals surface area contributed by atoms with E-state index in [0.29, 0.717) is 23.6 Å². The van der Waals surface area contributed by atoms with Gasteiger partial charge < -0.3 is 14.5 Å². The molecule has 164 valence electrons. The van der Waals surface area contributed by atoms with Crippen molar-refractivity contribution < 1.29 is 9.63 Å². The summed E-state index contributed by atoms with van der Waals surface area (Å²) in [6.45, 7) is 4.18. The number of rotatable bonds is 5. The van der Waals surface area contributed by atoms with Crippen molar-refractivity contribution in [3.8, 4) is 5.75 Å². The van der Waals surface area contributed by atoms with E-state index < -0.39 is 0 Å². The molecule has 0 atom stereocenters. The summed E-state index contributed by atoms with van der Waals surface area (Å²) in [6.07, 6.45) is 0.646. The molecule has 0 saturated carbocycles. The number of piperazine rings is 1. The molecule has 32 heavy (non-hydrogen) atoms. The summed E-state index contributed by atoms with van der Waals surface area (Å²) in [4.78, 5) is 4.67. The third kappa shape index (κ3) is 4.42. The summed E-state index contributed by atoms with van der Waals surface area (Å²) in [5.74, 6) is 0.240. The molecule has 3 aromatic carbocycles. The zero-order valence-electron chi connectivity index (χ0n) is 17.5. The van der Waals surface area contributed by atoms with E-state index in [2.05, 4.69) is 21.0 Å². The average molecular weight is 468 g/mol. The average Bonchev–Trinajstić information content (AvgIpc) is 3.20. The molecule has 1 fully saturated rings. The number of nitrogens with zero attached hydrogens (tertiary/aromatic N) is 3. The number of hydrogen-bond donors (Lipinski definition) is 1. The number of benzene rings is 3. The zero-order chi connectivity index (χ0) is 22.1. The van der Waals surface area contributed by atoms with Crippen LogP contribution in [0.3, 0.4) is 0 Å². The highest BCUT2D eigenvalue weighted by Gasteiger charge is 2.22. The van der Waals surface area contributed by atoms with Gasteiger partial charge in [0, 0.05) is 60.3 Å². The lowest BCUT2D eigenvalue weighted by Crippen LogP contribution is -2.46. The van der Waals surface area contributed by atoms with Crippen LogP contribution in [-0.4, -0.2) is 41.3 Å². The van der Waals surface area contributed by atoms with E-state index >= 15 is 0 Å². The minimum Gasteiger partial charge on any atom is -0.507 e. The molecular formula is C25H23Cl2N3O2. The van der Waals surface area contributed by atoms with Crippen molar-refractivity contribution in [2.75, 3.05) is 31.1 Å².